The van der Waals surface area contributed by atoms with E-state index in [-0.39, 0.29) is 5.56 Å². The van der Waals surface area contributed by atoms with Crippen LogP contribution in [-0.2, 0) is 0 Å². The smallest absolute Gasteiger partial charge is 0.391 e. The van der Waals surface area contributed by atoms with Crippen molar-refractivity contribution in [2.45, 2.75) is 56.5 Å². The lowest BCUT2D eigenvalue weighted by atomic mass is 9.93. The van der Waals surface area contributed by atoms with Gasteiger partial charge >= 0.3 is 12.2 Å². The summed E-state index contributed by atoms with van der Waals surface area (Å²) in [7, 11) is 0. The van der Waals surface area contributed by atoms with Crippen molar-refractivity contribution in [3.8, 4) is 0 Å². The molecule has 1 saturated carbocycles. The molecule has 0 heterocycles. The van der Waals surface area contributed by atoms with Crippen LogP contribution >= 0.6 is 0 Å². The van der Waals surface area contributed by atoms with Crippen LogP contribution in [0.2, 0.25) is 0 Å². The predicted octanol–water partition coefficient (Wildman–Crippen LogP) is 3.42. The molecule has 1 fully saturated rings. The van der Waals surface area contributed by atoms with Gasteiger partial charge in [0.25, 0.3) is 0 Å². The second kappa shape index (κ2) is 7.83. The first-order valence-electron chi connectivity index (χ1n) is 7.82. The summed E-state index contributed by atoms with van der Waals surface area (Å²) in [6.07, 6.45) is -3.63. The molecule has 0 bridgehead atoms. The highest BCUT2D eigenvalue weighted by atomic mass is 19.4. The Morgan fingerprint density at radius 3 is 2.42 bits per heavy atom. The van der Waals surface area contributed by atoms with E-state index in [2.05, 4.69) is 10.6 Å². The number of urea groups is 1. The van der Waals surface area contributed by atoms with Crippen molar-refractivity contribution in [1.29, 1.82) is 0 Å². The molecule has 0 aromatic heterocycles. The molecule has 0 aliphatic heterocycles. The standard InChI is InChI=1S/C16H20F4N2O2/c17-11-7-5-10(6-8-11)13(9-16(18,19)20)22-15(24)21-12-3-1-2-4-14(12)23/h5-8,12-14,23H,1-4,9H2,(H2,21,22,24). The minimum Gasteiger partial charge on any atom is -0.391 e. The minimum atomic E-state index is -4.49. The molecule has 0 spiro atoms. The normalized spacial score (nSPS) is 22.7. The third-order valence-corrected chi connectivity index (χ3v) is 4.06. The predicted molar refractivity (Wildman–Crippen MR) is 79.7 cm³/mol. The van der Waals surface area contributed by atoms with E-state index in [1.807, 2.05) is 0 Å². The lowest BCUT2D eigenvalue weighted by molar-refractivity contribution is -0.139. The third-order valence-electron chi connectivity index (χ3n) is 4.06. The lowest BCUT2D eigenvalue weighted by Gasteiger charge is -2.29. The maximum atomic E-state index is 13.0. The number of carbonyl (C=O) groups excluding carboxylic acids is 1. The van der Waals surface area contributed by atoms with Crippen molar-refractivity contribution in [2.24, 2.45) is 0 Å². The SMILES string of the molecule is O=C(NC(CC(F)(F)F)c1ccc(F)cc1)NC1CCCCC1O. The Labute approximate surface area is 137 Å². The summed E-state index contributed by atoms with van der Waals surface area (Å²) >= 11 is 0. The number of rotatable bonds is 4. The van der Waals surface area contributed by atoms with Gasteiger partial charge in [-0.25, -0.2) is 9.18 Å². The van der Waals surface area contributed by atoms with E-state index < -0.39 is 42.6 Å². The molecule has 3 N–H and O–H groups in total. The number of amides is 2. The molecule has 3 atom stereocenters. The van der Waals surface area contributed by atoms with Crippen molar-refractivity contribution in [2.75, 3.05) is 0 Å². The molecule has 3 unspecified atom stereocenters. The van der Waals surface area contributed by atoms with Crippen LogP contribution in [0.25, 0.3) is 0 Å². The second-order valence-electron chi connectivity index (χ2n) is 6.00. The van der Waals surface area contributed by atoms with Gasteiger partial charge in [-0.15, -0.1) is 0 Å². The molecular weight excluding hydrogens is 328 g/mol. The fraction of sp³-hybridized carbons (Fsp3) is 0.562. The molecular formula is C16H20F4N2O2. The topological polar surface area (TPSA) is 61.4 Å². The van der Waals surface area contributed by atoms with Crippen LogP contribution in [0.4, 0.5) is 22.4 Å². The molecule has 0 saturated heterocycles. The van der Waals surface area contributed by atoms with Crippen molar-refractivity contribution in [1.82, 2.24) is 10.6 Å². The second-order valence-corrected chi connectivity index (χ2v) is 6.00. The number of aliphatic hydroxyl groups is 1. The van der Waals surface area contributed by atoms with Crippen LogP contribution in [0.1, 0.15) is 43.7 Å². The van der Waals surface area contributed by atoms with Gasteiger partial charge in [-0.2, -0.15) is 13.2 Å². The van der Waals surface area contributed by atoms with E-state index in [9.17, 15) is 27.5 Å². The molecule has 1 aliphatic rings. The van der Waals surface area contributed by atoms with E-state index in [4.69, 9.17) is 0 Å². The van der Waals surface area contributed by atoms with Gasteiger partial charge in [0.15, 0.2) is 0 Å². The number of nitrogens with one attached hydrogen (secondary N) is 2. The largest absolute Gasteiger partial charge is 0.391 e. The average Bonchev–Trinajstić information content (AvgIpc) is 2.48. The van der Waals surface area contributed by atoms with E-state index in [1.54, 1.807) is 0 Å². The van der Waals surface area contributed by atoms with Crippen molar-refractivity contribution >= 4 is 6.03 Å². The molecule has 4 nitrogen and oxygen atoms in total. The maximum absolute atomic E-state index is 13.0. The fourth-order valence-electron chi connectivity index (χ4n) is 2.83. The van der Waals surface area contributed by atoms with Crippen LogP contribution in [0, 0.1) is 5.82 Å². The third kappa shape index (κ3) is 5.67. The molecule has 2 rings (SSSR count). The molecule has 1 aliphatic carbocycles. The first kappa shape index (κ1) is 18.5. The summed E-state index contributed by atoms with van der Waals surface area (Å²) in [5, 5.41) is 14.6. The summed E-state index contributed by atoms with van der Waals surface area (Å²) in [4.78, 5) is 12.0. The van der Waals surface area contributed by atoms with E-state index in [0.717, 1.165) is 25.0 Å². The van der Waals surface area contributed by atoms with E-state index in [0.29, 0.717) is 12.8 Å². The summed E-state index contributed by atoms with van der Waals surface area (Å²) in [5.74, 6) is -0.570. The summed E-state index contributed by atoms with van der Waals surface area (Å²) < 4.78 is 51.2. The lowest BCUT2D eigenvalue weighted by Crippen LogP contribution is -2.50. The Morgan fingerprint density at radius 1 is 1.21 bits per heavy atom. The zero-order chi connectivity index (χ0) is 17.7. The molecule has 2 amide bonds. The number of aliphatic hydroxyl groups excluding tert-OH is 1. The van der Waals surface area contributed by atoms with Gasteiger partial charge in [0.1, 0.15) is 5.82 Å². The van der Waals surface area contributed by atoms with Gasteiger partial charge in [0, 0.05) is 0 Å². The summed E-state index contributed by atoms with van der Waals surface area (Å²) in [6, 6.07) is 1.93. The monoisotopic (exact) mass is 348 g/mol. The van der Waals surface area contributed by atoms with Crippen LogP contribution in [0.5, 0.6) is 0 Å². The van der Waals surface area contributed by atoms with Gasteiger partial charge in [-0.05, 0) is 30.5 Å². The molecule has 8 heteroatoms. The number of hydrogen-bond donors (Lipinski definition) is 3. The van der Waals surface area contributed by atoms with Gasteiger partial charge in [0.2, 0.25) is 0 Å². The van der Waals surface area contributed by atoms with Crippen molar-refractivity contribution < 1.29 is 27.5 Å². The van der Waals surface area contributed by atoms with Crippen molar-refractivity contribution in [3.05, 3.63) is 35.6 Å². The summed E-state index contributed by atoms with van der Waals surface area (Å²) in [6.45, 7) is 0. The number of hydrogen-bond acceptors (Lipinski definition) is 2. The quantitative estimate of drug-likeness (QED) is 0.730. The number of halogens is 4. The molecule has 24 heavy (non-hydrogen) atoms. The fourth-order valence-corrected chi connectivity index (χ4v) is 2.83. The number of carbonyl (C=O) groups is 1. The van der Waals surface area contributed by atoms with Gasteiger partial charge in [0.05, 0.1) is 24.6 Å². The zero-order valence-corrected chi connectivity index (χ0v) is 12.9. The Balaban J connectivity index is 2.03. The highest BCUT2D eigenvalue weighted by molar-refractivity contribution is 5.74. The Morgan fingerprint density at radius 2 is 1.83 bits per heavy atom. The van der Waals surface area contributed by atoms with Gasteiger partial charge < -0.3 is 15.7 Å². The van der Waals surface area contributed by atoms with Gasteiger partial charge in [-0.1, -0.05) is 25.0 Å². The average molecular weight is 348 g/mol. The Hall–Kier alpha value is -1.83. The van der Waals surface area contributed by atoms with Gasteiger partial charge in [-0.3, -0.25) is 0 Å². The molecule has 0 radical (unpaired) electrons. The highest BCUT2D eigenvalue weighted by Crippen LogP contribution is 2.29. The highest BCUT2D eigenvalue weighted by Gasteiger charge is 2.34. The summed E-state index contributed by atoms with van der Waals surface area (Å²) in [5.41, 5.74) is 0.160. The molecule has 134 valence electrons. The first-order valence-corrected chi connectivity index (χ1v) is 7.82. The van der Waals surface area contributed by atoms with Crippen LogP contribution < -0.4 is 10.6 Å². The first-order chi connectivity index (χ1) is 11.2. The number of alkyl halides is 3. The van der Waals surface area contributed by atoms with Crippen molar-refractivity contribution in [3.63, 3.8) is 0 Å². The van der Waals surface area contributed by atoms with Crippen LogP contribution in [-0.4, -0.2) is 29.5 Å². The van der Waals surface area contributed by atoms with E-state index in [1.165, 1.54) is 12.1 Å². The molecule has 1 aromatic carbocycles. The maximum Gasteiger partial charge on any atom is 0.391 e. The minimum absolute atomic E-state index is 0.160. The Kier molecular flexibility index (Phi) is 6.04. The zero-order valence-electron chi connectivity index (χ0n) is 12.9. The molecule has 1 aromatic rings. The van der Waals surface area contributed by atoms with E-state index >= 15 is 0 Å². The van der Waals surface area contributed by atoms with Crippen LogP contribution in [0.15, 0.2) is 24.3 Å². The Bertz CT molecular complexity index is 548. The van der Waals surface area contributed by atoms with Crippen LogP contribution in [0.3, 0.4) is 0 Å². The number of benzene rings is 1.